The van der Waals surface area contributed by atoms with Crippen molar-refractivity contribution in [1.82, 2.24) is 0 Å². The molecule has 0 bridgehead atoms. The number of hydrogen-bond donors (Lipinski definition) is 1. The van der Waals surface area contributed by atoms with E-state index in [0.29, 0.717) is 0 Å². The molecule has 0 fully saturated rings. The maximum atomic E-state index is 10.9. The smallest absolute Gasteiger partial charge is 0.130 e. The SMILES string of the molecule is CCS[C@@](C)(S)[S@](C)=O. The first-order chi connectivity index (χ1) is 4.00. The zero-order valence-corrected chi connectivity index (χ0v) is 8.41. The van der Waals surface area contributed by atoms with Crippen molar-refractivity contribution in [2.45, 2.75) is 17.3 Å². The van der Waals surface area contributed by atoms with Gasteiger partial charge in [-0.3, -0.25) is 4.21 Å². The van der Waals surface area contributed by atoms with Crippen LogP contribution in [0, 0.1) is 0 Å². The molecule has 0 amide bonds. The molecule has 0 spiro atoms. The van der Waals surface area contributed by atoms with Crippen molar-refractivity contribution < 1.29 is 4.21 Å². The van der Waals surface area contributed by atoms with Gasteiger partial charge in [0.15, 0.2) is 0 Å². The van der Waals surface area contributed by atoms with Crippen molar-refractivity contribution in [2.24, 2.45) is 0 Å². The van der Waals surface area contributed by atoms with E-state index >= 15 is 0 Å². The molecule has 0 rings (SSSR count). The van der Waals surface area contributed by atoms with E-state index in [4.69, 9.17) is 0 Å². The van der Waals surface area contributed by atoms with Crippen LogP contribution >= 0.6 is 24.4 Å². The molecule has 0 aliphatic rings. The lowest BCUT2D eigenvalue weighted by Gasteiger charge is -2.18. The fraction of sp³-hybridized carbons (Fsp3) is 1.00. The third kappa shape index (κ3) is 3.53. The predicted molar refractivity (Wildman–Crippen MR) is 49.6 cm³/mol. The highest BCUT2D eigenvalue weighted by Crippen LogP contribution is 2.31. The van der Waals surface area contributed by atoms with Gasteiger partial charge in [0.1, 0.15) is 3.41 Å². The lowest BCUT2D eigenvalue weighted by molar-refractivity contribution is 0.684. The molecule has 1 nitrogen and oxygen atoms in total. The van der Waals surface area contributed by atoms with E-state index in [1.807, 2.05) is 13.8 Å². The molecule has 0 radical (unpaired) electrons. The van der Waals surface area contributed by atoms with Crippen molar-refractivity contribution >= 4 is 35.2 Å². The van der Waals surface area contributed by atoms with Gasteiger partial charge in [-0.05, 0) is 12.7 Å². The minimum absolute atomic E-state index is 0.366. The summed E-state index contributed by atoms with van der Waals surface area (Å²) in [6, 6.07) is 0. The number of hydrogen-bond acceptors (Lipinski definition) is 3. The van der Waals surface area contributed by atoms with Crippen LogP contribution in [0.5, 0.6) is 0 Å². The molecule has 0 aromatic rings. The first-order valence-corrected chi connectivity index (χ1v) is 5.69. The Hall–Kier alpha value is 0.850. The highest BCUT2D eigenvalue weighted by atomic mass is 32.3. The van der Waals surface area contributed by atoms with Crippen LogP contribution in [0.15, 0.2) is 0 Å². The van der Waals surface area contributed by atoms with Gasteiger partial charge in [-0.1, -0.05) is 6.92 Å². The highest BCUT2D eigenvalue weighted by Gasteiger charge is 2.22. The minimum atomic E-state index is -0.849. The van der Waals surface area contributed by atoms with E-state index in [-0.39, 0.29) is 3.41 Å². The van der Waals surface area contributed by atoms with Crippen LogP contribution in [0.2, 0.25) is 0 Å². The van der Waals surface area contributed by atoms with Gasteiger partial charge in [-0.15, -0.1) is 24.4 Å². The third-order valence-electron chi connectivity index (χ3n) is 0.946. The van der Waals surface area contributed by atoms with Crippen molar-refractivity contribution in [1.29, 1.82) is 0 Å². The molecule has 0 aromatic carbocycles. The summed E-state index contributed by atoms with van der Waals surface area (Å²) in [5, 5.41) is 0. The Morgan fingerprint density at radius 2 is 2.22 bits per heavy atom. The van der Waals surface area contributed by atoms with E-state index in [0.717, 1.165) is 5.75 Å². The Bertz CT molecular complexity index is 111. The first-order valence-electron chi connectivity index (χ1n) is 2.70. The zero-order chi connectivity index (χ0) is 7.49. The number of rotatable bonds is 3. The lowest BCUT2D eigenvalue weighted by atomic mass is 10.9. The molecular weight excluding hydrogens is 172 g/mol. The lowest BCUT2D eigenvalue weighted by Crippen LogP contribution is -2.17. The summed E-state index contributed by atoms with van der Waals surface area (Å²) in [6.07, 6.45) is 1.68. The third-order valence-corrected chi connectivity index (χ3v) is 5.05. The van der Waals surface area contributed by atoms with Gasteiger partial charge in [0.05, 0.1) is 0 Å². The first kappa shape index (κ1) is 9.85. The Balaban J connectivity index is 3.85. The van der Waals surface area contributed by atoms with Gasteiger partial charge < -0.3 is 0 Å². The Morgan fingerprint density at radius 1 is 1.78 bits per heavy atom. The van der Waals surface area contributed by atoms with Crippen molar-refractivity contribution in [3.8, 4) is 0 Å². The van der Waals surface area contributed by atoms with Gasteiger partial charge in [-0.25, -0.2) is 0 Å². The normalized spacial score (nSPS) is 20.9. The summed E-state index contributed by atoms with van der Waals surface area (Å²) >= 11 is 5.83. The van der Waals surface area contributed by atoms with Crippen LogP contribution in [0.1, 0.15) is 13.8 Å². The van der Waals surface area contributed by atoms with Crippen LogP contribution in [0.3, 0.4) is 0 Å². The van der Waals surface area contributed by atoms with Crippen LogP contribution in [0.4, 0.5) is 0 Å². The molecule has 0 aromatic heterocycles. The summed E-state index contributed by atoms with van der Waals surface area (Å²) in [7, 11) is -0.849. The molecule has 0 N–H and O–H groups in total. The molecule has 4 heteroatoms. The standard InChI is InChI=1S/C5H12OS3/c1-4-8-5(2,7)9(3)6/h7H,4H2,1-3H3/t5-,9+/m1/s1. The average Bonchev–Trinajstić information content (AvgIpc) is 1.65. The van der Waals surface area contributed by atoms with Gasteiger partial charge in [0, 0.05) is 17.1 Å². The highest BCUT2D eigenvalue weighted by molar-refractivity contribution is 8.24. The van der Waals surface area contributed by atoms with Crippen LogP contribution < -0.4 is 0 Å². The second kappa shape index (κ2) is 3.88. The topological polar surface area (TPSA) is 17.1 Å². The molecule has 0 saturated carbocycles. The molecule has 0 aliphatic carbocycles. The van der Waals surface area contributed by atoms with Crippen LogP contribution in [-0.2, 0) is 10.8 Å². The fourth-order valence-corrected chi connectivity index (χ4v) is 2.29. The Labute approximate surface area is 68.9 Å². The van der Waals surface area contributed by atoms with Gasteiger partial charge in [0.25, 0.3) is 0 Å². The summed E-state index contributed by atoms with van der Waals surface area (Å²) in [6.45, 7) is 3.91. The maximum Gasteiger partial charge on any atom is 0.130 e. The number of thiol groups is 1. The molecule has 0 aliphatic heterocycles. The molecule has 9 heavy (non-hydrogen) atoms. The molecule has 0 unspecified atom stereocenters. The van der Waals surface area contributed by atoms with Gasteiger partial charge in [0.2, 0.25) is 0 Å². The summed E-state index contributed by atoms with van der Waals surface area (Å²) in [5.74, 6) is 0.958. The fourth-order valence-electron chi connectivity index (χ4n) is 0.351. The van der Waals surface area contributed by atoms with E-state index in [2.05, 4.69) is 12.6 Å². The maximum absolute atomic E-state index is 10.9. The molecule has 0 heterocycles. The van der Waals surface area contributed by atoms with Crippen molar-refractivity contribution in [2.75, 3.05) is 12.0 Å². The van der Waals surface area contributed by atoms with E-state index in [9.17, 15) is 4.21 Å². The van der Waals surface area contributed by atoms with Crippen LogP contribution in [0.25, 0.3) is 0 Å². The average molecular weight is 184 g/mol. The zero-order valence-electron chi connectivity index (χ0n) is 5.88. The molecule has 2 atom stereocenters. The second-order valence-corrected chi connectivity index (χ2v) is 6.95. The van der Waals surface area contributed by atoms with Crippen molar-refractivity contribution in [3.63, 3.8) is 0 Å². The van der Waals surface area contributed by atoms with E-state index in [1.54, 1.807) is 18.0 Å². The monoisotopic (exact) mass is 184 g/mol. The minimum Gasteiger partial charge on any atom is -0.258 e. The van der Waals surface area contributed by atoms with E-state index in [1.165, 1.54) is 0 Å². The van der Waals surface area contributed by atoms with Gasteiger partial charge in [-0.2, -0.15) is 0 Å². The van der Waals surface area contributed by atoms with Gasteiger partial charge >= 0.3 is 0 Å². The summed E-state index contributed by atoms with van der Waals surface area (Å²) in [5.41, 5.74) is 0. The molecular formula is C5H12OS3. The predicted octanol–water partition coefficient (Wildman–Crippen LogP) is 1.72. The Morgan fingerprint density at radius 3 is 2.33 bits per heavy atom. The van der Waals surface area contributed by atoms with E-state index < -0.39 is 10.8 Å². The van der Waals surface area contributed by atoms with Crippen LogP contribution in [-0.4, -0.2) is 19.6 Å². The molecule has 56 valence electrons. The largest absolute Gasteiger partial charge is 0.258 e. The summed E-state index contributed by atoms with van der Waals surface area (Å²) < 4.78 is 10.5. The molecule has 0 saturated heterocycles. The Kier molecular flexibility index (Phi) is 4.25. The second-order valence-electron chi connectivity index (χ2n) is 1.78. The number of thioether (sulfide) groups is 1. The summed E-state index contributed by atoms with van der Waals surface area (Å²) in [4.78, 5) is 0. The quantitative estimate of drug-likeness (QED) is 0.531. The van der Waals surface area contributed by atoms with Crippen molar-refractivity contribution in [3.05, 3.63) is 0 Å².